The molecule has 1 saturated heterocycles. The minimum absolute atomic E-state index is 0.0771. The molecule has 0 radical (unpaired) electrons. The topological polar surface area (TPSA) is 88.1 Å². The molecule has 1 aliphatic rings. The first-order valence-electron chi connectivity index (χ1n) is 9.19. The van der Waals surface area contributed by atoms with Crippen LogP contribution in [0.4, 0.5) is 4.39 Å². The predicted molar refractivity (Wildman–Crippen MR) is 107 cm³/mol. The number of halogens is 1. The first-order valence-corrected chi connectivity index (χ1v) is 10.6. The number of carbonyl (C=O) groups excluding carboxylic acids is 1. The van der Waals surface area contributed by atoms with Crippen molar-refractivity contribution in [3.63, 3.8) is 0 Å². The van der Waals surface area contributed by atoms with Crippen molar-refractivity contribution >= 4 is 22.1 Å². The molecule has 9 heteroatoms. The summed E-state index contributed by atoms with van der Waals surface area (Å²) < 4.78 is 45.5. The number of ether oxygens (including phenoxy) is 1. The van der Waals surface area contributed by atoms with Crippen LogP contribution in [0.2, 0.25) is 0 Å². The molecule has 7 nitrogen and oxygen atoms in total. The van der Waals surface area contributed by atoms with Crippen molar-refractivity contribution in [2.45, 2.75) is 24.2 Å². The van der Waals surface area contributed by atoms with Crippen LogP contribution in [0, 0.1) is 5.82 Å². The maximum absolute atomic E-state index is 13.7. The quantitative estimate of drug-likeness (QED) is 0.576. The van der Waals surface area contributed by atoms with E-state index in [1.54, 1.807) is 6.07 Å². The summed E-state index contributed by atoms with van der Waals surface area (Å²) in [6.45, 7) is 0.975. The third-order valence-electron chi connectivity index (χ3n) is 4.60. The van der Waals surface area contributed by atoms with E-state index in [2.05, 4.69) is 10.5 Å². The van der Waals surface area contributed by atoms with Gasteiger partial charge in [-0.05, 0) is 54.8 Å². The van der Waals surface area contributed by atoms with Crippen LogP contribution < -0.4 is 10.2 Å². The highest BCUT2D eigenvalue weighted by Gasteiger charge is 2.26. The van der Waals surface area contributed by atoms with Gasteiger partial charge in [0, 0.05) is 18.7 Å². The van der Waals surface area contributed by atoms with Crippen LogP contribution in [-0.2, 0) is 10.0 Å². The lowest BCUT2D eigenvalue weighted by Crippen LogP contribution is -2.35. The van der Waals surface area contributed by atoms with Crippen LogP contribution in [0.3, 0.4) is 0 Å². The van der Waals surface area contributed by atoms with E-state index in [-0.39, 0.29) is 16.2 Å². The summed E-state index contributed by atoms with van der Waals surface area (Å²) >= 11 is 0. The fraction of sp³-hybridized carbons (Fsp3) is 0.300. The summed E-state index contributed by atoms with van der Waals surface area (Å²) in [5.74, 6) is -0.998. The lowest BCUT2D eigenvalue weighted by Gasteiger charge is -2.25. The lowest BCUT2D eigenvalue weighted by molar-refractivity contribution is 0.0955. The van der Waals surface area contributed by atoms with Gasteiger partial charge in [0.15, 0.2) is 11.6 Å². The van der Waals surface area contributed by atoms with Crippen LogP contribution in [0.5, 0.6) is 5.75 Å². The van der Waals surface area contributed by atoms with Crippen molar-refractivity contribution in [3.8, 4) is 5.75 Å². The molecule has 3 rings (SSSR count). The van der Waals surface area contributed by atoms with Gasteiger partial charge >= 0.3 is 0 Å². The maximum atomic E-state index is 13.7. The second kappa shape index (κ2) is 9.15. The monoisotopic (exact) mass is 419 g/mol. The van der Waals surface area contributed by atoms with Crippen molar-refractivity contribution in [1.29, 1.82) is 0 Å². The average molecular weight is 419 g/mol. The van der Waals surface area contributed by atoms with Crippen LogP contribution in [0.15, 0.2) is 52.5 Å². The van der Waals surface area contributed by atoms with Crippen molar-refractivity contribution in [2.75, 3.05) is 20.2 Å². The zero-order valence-corrected chi connectivity index (χ0v) is 16.8. The first-order chi connectivity index (χ1) is 13.9. The van der Waals surface area contributed by atoms with E-state index in [9.17, 15) is 17.6 Å². The third kappa shape index (κ3) is 4.99. The van der Waals surface area contributed by atoms with Gasteiger partial charge in [-0.15, -0.1) is 0 Å². The maximum Gasteiger partial charge on any atom is 0.271 e. The Hall–Kier alpha value is -2.78. The van der Waals surface area contributed by atoms with Gasteiger partial charge in [0.1, 0.15) is 0 Å². The summed E-state index contributed by atoms with van der Waals surface area (Å²) in [7, 11) is -2.26. The van der Waals surface area contributed by atoms with Crippen molar-refractivity contribution in [2.24, 2.45) is 5.10 Å². The highest BCUT2D eigenvalue weighted by Crippen LogP contribution is 2.21. The number of piperidine rings is 1. The number of nitrogens with one attached hydrogen (secondary N) is 1. The Bertz CT molecular complexity index is 1020. The number of rotatable bonds is 6. The van der Waals surface area contributed by atoms with Crippen molar-refractivity contribution < 1.29 is 22.3 Å². The molecule has 2 aromatic carbocycles. The first kappa shape index (κ1) is 20.9. The Morgan fingerprint density at radius 2 is 1.93 bits per heavy atom. The molecule has 29 heavy (non-hydrogen) atoms. The Morgan fingerprint density at radius 1 is 1.17 bits per heavy atom. The second-order valence-corrected chi connectivity index (χ2v) is 8.52. The summed E-state index contributed by atoms with van der Waals surface area (Å²) in [4.78, 5) is 12.4. The predicted octanol–water partition coefficient (Wildman–Crippen LogP) is 2.77. The highest BCUT2D eigenvalue weighted by atomic mass is 32.2. The number of hydrogen-bond donors (Lipinski definition) is 1. The van der Waals surface area contributed by atoms with Crippen molar-refractivity contribution in [3.05, 3.63) is 59.4 Å². The minimum Gasteiger partial charge on any atom is -0.494 e. The van der Waals surface area contributed by atoms with E-state index in [1.807, 2.05) is 0 Å². The standard InChI is InChI=1S/C20H22FN3O4S/c1-28-19-9-8-15(12-18(19)21)14-22-23-20(25)16-6-5-7-17(13-16)29(26,27)24-10-3-2-4-11-24/h5-9,12-14H,2-4,10-11H2,1H3,(H,23,25)/b22-14-. The third-order valence-corrected chi connectivity index (χ3v) is 6.50. The molecule has 0 unspecified atom stereocenters. The van der Waals surface area contributed by atoms with Gasteiger partial charge in [-0.3, -0.25) is 4.79 Å². The number of hydrazone groups is 1. The molecule has 0 bridgehead atoms. The second-order valence-electron chi connectivity index (χ2n) is 6.59. The molecular weight excluding hydrogens is 397 g/mol. The molecule has 1 fully saturated rings. The average Bonchev–Trinajstić information content (AvgIpc) is 2.74. The molecule has 2 aromatic rings. The molecule has 1 aliphatic heterocycles. The largest absolute Gasteiger partial charge is 0.494 e. The number of nitrogens with zero attached hydrogens (tertiary/aromatic N) is 2. The van der Waals surface area contributed by atoms with Gasteiger partial charge < -0.3 is 4.74 Å². The van der Waals surface area contributed by atoms with E-state index >= 15 is 0 Å². The van der Waals surface area contributed by atoms with E-state index in [0.29, 0.717) is 18.7 Å². The lowest BCUT2D eigenvalue weighted by atomic mass is 10.2. The van der Waals surface area contributed by atoms with Crippen LogP contribution in [0.1, 0.15) is 35.2 Å². The van der Waals surface area contributed by atoms with Gasteiger partial charge in [0.05, 0.1) is 18.2 Å². The van der Waals surface area contributed by atoms with E-state index in [0.717, 1.165) is 19.3 Å². The SMILES string of the molecule is COc1ccc(/C=N\NC(=O)c2cccc(S(=O)(=O)N3CCCCC3)c2)cc1F. The molecule has 0 aromatic heterocycles. The van der Waals surface area contributed by atoms with Crippen LogP contribution in [0.25, 0.3) is 0 Å². The van der Waals surface area contributed by atoms with E-state index in [4.69, 9.17) is 4.74 Å². The molecule has 0 saturated carbocycles. The Labute approximate surface area is 169 Å². The fourth-order valence-corrected chi connectivity index (χ4v) is 4.61. The fourth-order valence-electron chi connectivity index (χ4n) is 3.05. The van der Waals surface area contributed by atoms with Gasteiger partial charge in [-0.2, -0.15) is 9.41 Å². The summed E-state index contributed by atoms with van der Waals surface area (Å²) in [6, 6.07) is 10.1. The van der Waals surface area contributed by atoms with Gasteiger partial charge in [0.25, 0.3) is 5.91 Å². The molecular formula is C20H22FN3O4S. The van der Waals surface area contributed by atoms with Gasteiger partial charge in [0.2, 0.25) is 10.0 Å². The van der Waals surface area contributed by atoms with Crippen molar-refractivity contribution in [1.82, 2.24) is 9.73 Å². The number of hydrogen-bond acceptors (Lipinski definition) is 5. The summed E-state index contributed by atoms with van der Waals surface area (Å²) in [6.07, 6.45) is 3.97. The number of methoxy groups -OCH3 is 1. The molecule has 0 atom stereocenters. The summed E-state index contributed by atoms with van der Waals surface area (Å²) in [5.41, 5.74) is 2.93. The normalized spacial score (nSPS) is 15.4. The van der Waals surface area contributed by atoms with Gasteiger partial charge in [-0.1, -0.05) is 12.5 Å². The van der Waals surface area contributed by atoms with E-state index in [1.165, 1.54) is 54.0 Å². The summed E-state index contributed by atoms with van der Waals surface area (Å²) in [5, 5.41) is 3.80. The zero-order valence-electron chi connectivity index (χ0n) is 16.0. The smallest absolute Gasteiger partial charge is 0.271 e. The number of amides is 1. The molecule has 1 amide bonds. The number of carbonyl (C=O) groups is 1. The molecule has 0 spiro atoms. The van der Waals surface area contributed by atoms with Crippen LogP contribution >= 0.6 is 0 Å². The number of sulfonamides is 1. The zero-order chi connectivity index (χ0) is 20.9. The number of benzene rings is 2. The molecule has 1 heterocycles. The Balaban J connectivity index is 1.70. The van der Waals surface area contributed by atoms with Crippen LogP contribution in [-0.4, -0.2) is 45.0 Å². The molecule has 0 aliphatic carbocycles. The minimum atomic E-state index is -3.63. The van der Waals surface area contributed by atoms with E-state index < -0.39 is 21.7 Å². The highest BCUT2D eigenvalue weighted by molar-refractivity contribution is 7.89. The molecule has 1 N–H and O–H groups in total. The Kier molecular flexibility index (Phi) is 6.60. The Morgan fingerprint density at radius 3 is 2.62 bits per heavy atom. The molecule has 154 valence electrons. The van der Waals surface area contributed by atoms with Gasteiger partial charge in [-0.25, -0.2) is 18.2 Å².